The number of amides is 1. The molecule has 0 aromatic rings. The molecule has 0 aromatic carbocycles. The molecule has 3 N–H and O–H groups in total. The highest BCUT2D eigenvalue weighted by Crippen LogP contribution is 2.33. The third kappa shape index (κ3) is 2.47. The van der Waals surface area contributed by atoms with Crippen molar-refractivity contribution in [3.05, 3.63) is 0 Å². The van der Waals surface area contributed by atoms with Crippen LogP contribution in [0.1, 0.15) is 39.5 Å². The van der Waals surface area contributed by atoms with E-state index in [-0.39, 0.29) is 23.5 Å². The van der Waals surface area contributed by atoms with E-state index in [0.717, 1.165) is 32.3 Å². The highest BCUT2D eigenvalue weighted by atomic mass is 16.5. The van der Waals surface area contributed by atoms with Gasteiger partial charge in [0.15, 0.2) is 0 Å². The molecule has 2 aliphatic rings. The Bertz CT molecular complexity index is 295. The van der Waals surface area contributed by atoms with Crippen LogP contribution in [0, 0.1) is 11.8 Å². The Morgan fingerprint density at radius 3 is 2.88 bits per heavy atom. The van der Waals surface area contributed by atoms with Gasteiger partial charge >= 0.3 is 0 Å². The molecule has 1 aliphatic carbocycles. The number of nitrogens with one attached hydrogen (secondary N) is 1. The molecule has 4 unspecified atom stereocenters. The largest absolute Gasteiger partial charge is 0.376 e. The van der Waals surface area contributed by atoms with Crippen LogP contribution in [0.3, 0.4) is 0 Å². The normalized spacial score (nSPS) is 41.7. The van der Waals surface area contributed by atoms with Crippen LogP contribution in [0.25, 0.3) is 0 Å². The summed E-state index contributed by atoms with van der Waals surface area (Å²) in [6.07, 6.45) is 4.21. The van der Waals surface area contributed by atoms with Gasteiger partial charge in [0.1, 0.15) is 0 Å². The third-order valence-electron chi connectivity index (χ3n) is 4.59. The second-order valence-electron chi connectivity index (χ2n) is 5.70. The average Bonchev–Trinajstić information content (AvgIpc) is 2.87. The molecule has 2 rings (SSSR count). The van der Waals surface area contributed by atoms with Crippen molar-refractivity contribution in [2.75, 3.05) is 13.2 Å². The Kier molecular flexibility index (Phi) is 3.73. The summed E-state index contributed by atoms with van der Waals surface area (Å²) in [5, 5.41) is 3.19. The van der Waals surface area contributed by atoms with Crippen LogP contribution < -0.4 is 11.1 Å². The van der Waals surface area contributed by atoms with Crippen LogP contribution in [-0.4, -0.2) is 30.7 Å². The quantitative estimate of drug-likeness (QED) is 0.775. The Balaban J connectivity index is 1.96. The van der Waals surface area contributed by atoms with Crippen molar-refractivity contribution >= 4 is 5.91 Å². The van der Waals surface area contributed by atoms with E-state index in [9.17, 15) is 4.79 Å². The predicted octanol–water partition coefficient (Wildman–Crippen LogP) is 1.05. The fourth-order valence-electron chi connectivity index (χ4n) is 3.04. The maximum Gasteiger partial charge on any atom is 0.223 e. The second kappa shape index (κ2) is 4.94. The van der Waals surface area contributed by atoms with Crippen molar-refractivity contribution < 1.29 is 9.53 Å². The molecule has 1 saturated heterocycles. The van der Waals surface area contributed by atoms with Crippen LogP contribution >= 0.6 is 0 Å². The zero-order valence-corrected chi connectivity index (χ0v) is 10.9. The molecule has 2 fully saturated rings. The average molecular weight is 240 g/mol. The van der Waals surface area contributed by atoms with Gasteiger partial charge in [-0.2, -0.15) is 0 Å². The maximum absolute atomic E-state index is 12.3. The van der Waals surface area contributed by atoms with Crippen LogP contribution in [-0.2, 0) is 9.53 Å². The highest BCUT2D eigenvalue weighted by molar-refractivity contribution is 5.80. The van der Waals surface area contributed by atoms with Gasteiger partial charge in [0, 0.05) is 12.5 Å². The molecule has 4 atom stereocenters. The van der Waals surface area contributed by atoms with Gasteiger partial charge in [-0.15, -0.1) is 0 Å². The van der Waals surface area contributed by atoms with Crippen LogP contribution in [0.5, 0.6) is 0 Å². The van der Waals surface area contributed by atoms with Crippen LogP contribution in [0.2, 0.25) is 0 Å². The summed E-state index contributed by atoms with van der Waals surface area (Å²) in [6.45, 7) is 5.47. The molecule has 4 nitrogen and oxygen atoms in total. The third-order valence-corrected chi connectivity index (χ3v) is 4.59. The summed E-state index contributed by atoms with van der Waals surface area (Å²) in [5.74, 6) is 0.665. The molecule has 1 aliphatic heterocycles. The Labute approximate surface area is 103 Å². The lowest BCUT2D eigenvalue weighted by molar-refractivity contribution is -0.128. The topological polar surface area (TPSA) is 64.3 Å². The molecule has 0 bridgehead atoms. The van der Waals surface area contributed by atoms with Crippen molar-refractivity contribution in [1.82, 2.24) is 5.32 Å². The van der Waals surface area contributed by atoms with E-state index >= 15 is 0 Å². The minimum atomic E-state index is -0.196. The number of carbonyl (C=O) groups is 1. The van der Waals surface area contributed by atoms with E-state index in [2.05, 4.69) is 12.2 Å². The van der Waals surface area contributed by atoms with Gasteiger partial charge < -0.3 is 15.8 Å². The van der Waals surface area contributed by atoms with E-state index in [1.165, 1.54) is 0 Å². The van der Waals surface area contributed by atoms with E-state index in [0.29, 0.717) is 12.5 Å². The molecule has 17 heavy (non-hydrogen) atoms. The van der Waals surface area contributed by atoms with Gasteiger partial charge in [-0.3, -0.25) is 4.79 Å². The molecular formula is C13H24N2O2. The smallest absolute Gasteiger partial charge is 0.223 e. The van der Waals surface area contributed by atoms with Crippen molar-refractivity contribution in [2.45, 2.75) is 51.2 Å². The summed E-state index contributed by atoms with van der Waals surface area (Å²) < 4.78 is 5.55. The lowest BCUT2D eigenvalue weighted by Gasteiger charge is -2.31. The molecule has 0 spiro atoms. The van der Waals surface area contributed by atoms with Crippen molar-refractivity contribution in [1.29, 1.82) is 0 Å². The fraction of sp³-hybridized carbons (Fsp3) is 0.923. The van der Waals surface area contributed by atoms with E-state index in [4.69, 9.17) is 10.5 Å². The second-order valence-corrected chi connectivity index (χ2v) is 5.70. The standard InChI is InChI=1S/C13H24N2O2/c1-9-13(2,6-7-17-9)15-12(16)11-5-3-4-10(11)8-14/h9-11H,3-8,14H2,1-2H3,(H,15,16). The first-order valence-corrected chi connectivity index (χ1v) is 6.70. The lowest BCUT2D eigenvalue weighted by atomic mass is 9.90. The van der Waals surface area contributed by atoms with Gasteiger partial charge in [-0.1, -0.05) is 6.42 Å². The lowest BCUT2D eigenvalue weighted by Crippen LogP contribution is -2.53. The first-order chi connectivity index (χ1) is 8.07. The Morgan fingerprint density at radius 2 is 2.29 bits per heavy atom. The Morgan fingerprint density at radius 1 is 1.53 bits per heavy atom. The monoisotopic (exact) mass is 240 g/mol. The summed E-state index contributed by atoms with van der Waals surface area (Å²) in [4.78, 5) is 12.3. The predicted molar refractivity (Wildman–Crippen MR) is 66.5 cm³/mol. The number of hydrogen-bond donors (Lipinski definition) is 2. The number of carbonyl (C=O) groups excluding carboxylic acids is 1. The van der Waals surface area contributed by atoms with Crippen LogP contribution in [0.4, 0.5) is 0 Å². The van der Waals surface area contributed by atoms with Gasteiger partial charge in [0.05, 0.1) is 11.6 Å². The number of nitrogens with two attached hydrogens (primary N) is 1. The van der Waals surface area contributed by atoms with E-state index in [1.54, 1.807) is 0 Å². The van der Waals surface area contributed by atoms with Gasteiger partial charge in [-0.05, 0) is 45.6 Å². The molecule has 0 radical (unpaired) electrons. The summed E-state index contributed by atoms with van der Waals surface area (Å²) >= 11 is 0. The zero-order valence-electron chi connectivity index (χ0n) is 10.9. The minimum absolute atomic E-state index is 0.101. The molecule has 1 saturated carbocycles. The number of rotatable bonds is 3. The van der Waals surface area contributed by atoms with E-state index in [1.807, 2.05) is 6.92 Å². The molecule has 4 heteroatoms. The van der Waals surface area contributed by atoms with Crippen molar-refractivity contribution in [3.8, 4) is 0 Å². The Hall–Kier alpha value is -0.610. The van der Waals surface area contributed by atoms with Gasteiger partial charge in [0.2, 0.25) is 5.91 Å². The van der Waals surface area contributed by atoms with Crippen LogP contribution in [0.15, 0.2) is 0 Å². The highest BCUT2D eigenvalue weighted by Gasteiger charge is 2.41. The van der Waals surface area contributed by atoms with Crippen molar-refractivity contribution in [3.63, 3.8) is 0 Å². The fourth-order valence-corrected chi connectivity index (χ4v) is 3.04. The van der Waals surface area contributed by atoms with Gasteiger partial charge in [0.25, 0.3) is 0 Å². The SMILES string of the molecule is CC1OCCC1(C)NC(=O)C1CCCC1CN. The number of hydrogen-bond acceptors (Lipinski definition) is 3. The zero-order chi connectivity index (χ0) is 12.5. The van der Waals surface area contributed by atoms with Gasteiger partial charge in [-0.25, -0.2) is 0 Å². The summed E-state index contributed by atoms with van der Waals surface area (Å²) in [6, 6.07) is 0. The molecular weight excluding hydrogens is 216 g/mol. The molecule has 1 heterocycles. The number of ether oxygens (including phenoxy) is 1. The van der Waals surface area contributed by atoms with Crippen molar-refractivity contribution in [2.24, 2.45) is 17.6 Å². The molecule has 0 aromatic heterocycles. The van der Waals surface area contributed by atoms with E-state index < -0.39 is 0 Å². The maximum atomic E-state index is 12.3. The first-order valence-electron chi connectivity index (χ1n) is 6.70. The summed E-state index contributed by atoms with van der Waals surface area (Å²) in [7, 11) is 0. The minimum Gasteiger partial charge on any atom is -0.376 e. The first kappa shape index (κ1) is 12.8. The molecule has 98 valence electrons. The summed E-state index contributed by atoms with van der Waals surface area (Å²) in [5.41, 5.74) is 5.53. The molecule has 1 amide bonds.